The molecule has 23 heavy (non-hydrogen) atoms. The van der Waals surface area contributed by atoms with Crippen LogP contribution in [0.25, 0.3) is 10.8 Å². The Kier molecular flexibility index (Phi) is 5.64. The molecular weight excluding hydrogens is 415 g/mol. The molecule has 0 aliphatic rings. The van der Waals surface area contributed by atoms with E-state index in [1.165, 1.54) is 13.8 Å². The number of carbonyl (C=O) groups excluding carboxylic acids is 2. The zero-order chi connectivity index (χ0) is 17.0. The molecule has 7 heteroatoms. The summed E-state index contributed by atoms with van der Waals surface area (Å²) >= 11 is 1.70. The van der Waals surface area contributed by atoms with E-state index in [1.807, 2.05) is 0 Å². The molecule has 0 aromatic heterocycles. The van der Waals surface area contributed by atoms with E-state index < -0.39 is 11.9 Å². The summed E-state index contributed by atoms with van der Waals surface area (Å²) in [6.07, 6.45) is 0. The molecule has 2 rings (SSSR count). The van der Waals surface area contributed by atoms with Crippen LogP contribution < -0.4 is 17.3 Å². The molecule has 0 saturated carbocycles. The molecule has 6 nitrogen and oxygen atoms in total. The van der Waals surface area contributed by atoms with Crippen molar-refractivity contribution in [1.82, 2.24) is 0 Å². The van der Waals surface area contributed by atoms with Gasteiger partial charge in [-0.2, -0.15) is 0 Å². The molecule has 2 aromatic rings. The van der Waals surface area contributed by atoms with Crippen molar-refractivity contribution >= 4 is 45.7 Å². The van der Waals surface area contributed by atoms with Crippen molar-refractivity contribution < 1.29 is 26.9 Å². The largest absolute Gasteiger partial charge is 0.487 e. The number of benzene rings is 2. The number of fused-ring (bicyclic) bond motifs is 1. The number of hydrogen-bond donors (Lipinski definition) is 0. The molecule has 0 radical (unpaired) electrons. The summed E-state index contributed by atoms with van der Waals surface area (Å²) in [6, 6.07) is 7.15. The smallest absolute Gasteiger partial charge is 0.308 e. The molecule has 0 aliphatic carbocycles. The molecule has 0 atom stereocenters. The third-order valence-corrected chi connectivity index (χ3v) is 3.33. The Balaban J connectivity index is 2.89. The van der Waals surface area contributed by atoms with Gasteiger partial charge in [0.1, 0.15) is 0 Å². The predicted octanol–water partition coefficient (Wildman–Crippen LogP) is 3.82. The molecule has 0 heterocycles. The Morgan fingerprint density at radius 1 is 0.913 bits per heavy atom. The van der Waals surface area contributed by atoms with Crippen LogP contribution in [0, 0.1) is 0 Å². The SMILES string of the molecule is CCOc1c(OC(C)=O)c(OI)c2ccccc2c1OC(C)=O. The summed E-state index contributed by atoms with van der Waals surface area (Å²) in [6.45, 7) is 4.63. The second-order valence-corrected chi connectivity index (χ2v) is 5.00. The van der Waals surface area contributed by atoms with Gasteiger partial charge < -0.3 is 17.3 Å². The highest BCUT2D eigenvalue weighted by molar-refractivity contribution is 14.1. The predicted molar refractivity (Wildman–Crippen MR) is 92.4 cm³/mol. The summed E-state index contributed by atoms with van der Waals surface area (Å²) < 4.78 is 21.5. The van der Waals surface area contributed by atoms with Crippen molar-refractivity contribution in [3.8, 4) is 23.0 Å². The second-order valence-electron chi connectivity index (χ2n) is 4.56. The fourth-order valence-electron chi connectivity index (χ4n) is 2.16. The summed E-state index contributed by atoms with van der Waals surface area (Å²) in [5.41, 5.74) is 0. The standard InChI is InChI=1S/C16H15IO6/c1-4-20-15-13(21-9(2)18)11-7-5-6-8-12(11)14(23-17)16(15)22-10(3)19/h5-8H,4H2,1-3H3. The van der Waals surface area contributed by atoms with Crippen LogP contribution >= 0.6 is 23.0 Å². The van der Waals surface area contributed by atoms with Crippen LogP contribution in [0.15, 0.2) is 24.3 Å². The average molecular weight is 430 g/mol. The lowest BCUT2D eigenvalue weighted by Gasteiger charge is -2.18. The van der Waals surface area contributed by atoms with Crippen LogP contribution in [0.5, 0.6) is 23.0 Å². The lowest BCUT2D eigenvalue weighted by atomic mass is 10.1. The van der Waals surface area contributed by atoms with Gasteiger partial charge in [0.25, 0.3) is 0 Å². The van der Waals surface area contributed by atoms with E-state index in [0.717, 1.165) is 0 Å². The number of rotatable bonds is 5. The highest BCUT2D eigenvalue weighted by Gasteiger charge is 2.26. The summed E-state index contributed by atoms with van der Waals surface area (Å²) in [7, 11) is 0. The van der Waals surface area contributed by atoms with Gasteiger partial charge in [0.05, 0.1) is 6.61 Å². The van der Waals surface area contributed by atoms with E-state index in [4.69, 9.17) is 17.3 Å². The number of halogens is 1. The fourth-order valence-corrected chi connectivity index (χ4v) is 2.60. The van der Waals surface area contributed by atoms with Crippen LogP contribution in [0.4, 0.5) is 0 Å². The van der Waals surface area contributed by atoms with Gasteiger partial charge in [0, 0.05) is 24.6 Å². The maximum absolute atomic E-state index is 11.5. The second kappa shape index (κ2) is 7.49. The normalized spacial score (nSPS) is 10.3. The first-order chi connectivity index (χ1) is 11.0. The molecule has 0 unspecified atom stereocenters. The van der Waals surface area contributed by atoms with Crippen molar-refractivity contribution in [3.63, 3.8) is 0 Å². The molecule has 0 fully saturated rings. The van der Waals surface area contributed by atoms with E-state index in [1.54, 1.807) is 54.2 Å². The monoisotopic (exact) mass is 430 g/mol. The Labute approximate surface area is 147 Å². The van der Waals surface area contributed by atoms with Gasteiger partial charge in [-0.05, 0) is 6.92 Å². The van der Waals surface area contributed by atoms with Gasteiger partial charge in [-0.1, -0.05) is 24.3 Å². The Morgan fingerprint density at radius 3 is 1.91 bits per heavy atom. The minimum absolute atomic E-state index is 0.0868. The number of hydrogen-bond acceptors (Lipinski definition) is 6. The van der Waals surface area contributed by atoms with Gasteiger partial charge >= 0.3 is 11.9 Å². The van der Waals surface area contributed by atoms with E-state index in [9.17, 15) is 9.59 Å². The van der Waals surface area contributed by atoms with Gasteiger partial charge in [-0.3, -0.25) is 9.59 Å². The van der Waals surface area contributed by atoms with Crippen molar-refractivity contribution in [2.24, 2.45) is 0 Å². The first kappa shape index (κ1) is 17.3. The zero-order valence-electron chi connectivity index (χ0n) is 12.8. The molecule has 0 bridgehead atoms. The third-order valence-electron chi connectivity index (χ3n) is 2.89. The van der Waals surface area contributed by atoms with E-state index in [-0.39, 0.29) is 17.2 Å². The van der Waals surface area contributed by atoms with Crippen molar-refractivity contribution in [1.29, 1.82) is 0 Å². The highest BCUT2D eigenvalue weighted by Crippen LogP contribution is 2.51. The van der Waals surface area contributed by atoms with Crippen molar-refractivity contribution in [2.45, 2.75) is 20.8 Å². The first-order valence-corrected chi connectivity index (χ1v) is 7.74. The maximum atomic E-state index is 11.5. The molecule has 0 spiro atoms. The number of ether oxygens (including phenoxy) is 3. The topological polar surface area (TPSA) is 71.1 Å². The first-order valence-electron chi connectivity index (χ1n) is 6.86. The molecule has 122 valence electrons. The molecule has 2 aromatic carbocycles. The minimum atomic E-state index is -0.537. The van der Waals surface area contributed by atoms with Crippen molar-refractivity contribution in [2.75, 3.05) is 6.61 Å². The van der Waals surface area contributed by atoms with E-state index in [0.29, 0.717) is 23.1 Å². The molecule has 0 amide bonds. The van der Waals surface area contributed by atoms with Gasteiger partial charge in [0.2, 0.25) is 11.5 Å². The molecule has 0 saturated heterocycles. The molecular formula is C16H15IO6. The lowest BCUT2D eigenvalue weighted by Crippen LogP contribution is -2.09. The Bertz CT molecular complexity index is 756. The zero-order valence-corrected chi connectivity index (χ0v) is 15.0. The maximum Gasteiger partial charge on any atom is 0.308 e. The average Bonchev–Trinajstić information content (AvgIpc) is 2.50. The third kappa shape index (κ3) is 3.66. The van der Waals surface area contributed by atoms with Gasteiger partial charge in [-0.25, -0.2) is 0 Å². The minimum Gasteiger partial charge on any atom is -0.487 e. The van der Waals surface area contributed by atoms with Crippen LogP contribution in [-0.2, 0) is 9.59 Å². The quantitative estimate of drug-likeness (QED) is 0.408. The van der Waals surface area contributed by atoms with Crippen molar-refractivity contribution in [3.05, 3.63) is 24.3 Å². The van der Waals surface area contributed by atoms with Crippen LogP contribution in [0.1, 0.15) is 20.8 Å². The lowest BCUT2D eigenvalue weighted by molar-refractivity contribution is -0.132. The van der Waals surface area contributed by atoms with Gasteiger partial charge in [0.15, 0.2) is 34.5 Å². The van der Waals surface area contributed by atoms with Crippen LogP contribution in [0.3, 0.4) is 0 Å². The van der Waals surface area contributed by atoms with Crippen LogP contribution in [-0.4, -0.2) is 18.5 Å². The van der Waals surface area contributed by atoms with E-state index >= 15 is 0 Å². The van der Waals surface area contributed by atoms with Gasteiger partial charge in [-0.15, -0.1) is 0 Å². The van der Waals surface area contributed by atoms with Crippen LogP contribution in [0.2, 0.25) is 0 Å². The summed E-state index contributed by atoms with van der Waals surface area (Å²) in [5.74, 6) is -0.274. The molecule has 0 aliphatic heterocycles. The summed E-state index contributed by atoms with van der Waals surface area (Å²) in [4.78, 5) is 22.9. The number of esters is 2. The van der Waals surface area contributed by atoms with E-state index in [2.05, 4.69) is 0 Å². The molecule has 0 N–H and O–H groups in total. The Hall–Kier alpha value is -2.03. The number of carbonyl (C=O) groups is 2. The Morgan fingerprint density at radius 2 is 1.43 bits per heavy atom. The summed E-state index contributed by atoms with van der Waals surface area (Å²) in [5, 5.41) is 1.26. The fraction of sp³-hybridized carbons (Fsp3) is 0.250. The highest BCUT2D eigenvalue weighted by atomic mass is 127.